The number of hydrogen-bond donors (Lipinski definition) is 3. The molecular formula is C6H15KN2O3. The number of rotatable bonds is 6. The zero-order chi connectivity index (χ0) is 8.69. The van der Waals surface area contributed by atoms with Crippen molar-refractivity contribution in [2.45, 2.75) is 0 Å². The first-order chi connectivity index (χ1) is 5.20. The average molecular weight is 202 g/mol. The molecule has 0 aromatic heterocycles. The summed E-state index contributed by atoms with van der Waals surface area (Å²) >= 11 is 0. The van der Waals surface area contributed by atoms with Crippen molar-refractivity contribution in [3.05, 3.63) is 0 Å². The summed E-state index contributed by atoms with van der Waals surface area (Å²) in [5.74, 6) is -0.896. The maximum absolute atomic E-state index is 10.2. The Morgan fingerprint density at radius 3 is 2.42 bits per heavy atom. The minimum absolute atomic E-state index is 0. The zero-order valence-electron chi connectivity index (χ0n) is 8.36. The molecular weight excluding hydrogens is 187 g/mol. The van der Waals surface area contributed by atoms with E-state index in [1.165, 1.54) is 0 Å². The maximum atomic E-state index is 10.2. The van der Waals surface area contributed by atoms with Crippen LogP contribution in [0.4, 0.5) is 0 Å². The minimum atomic E-state index is -0.896. The smallest absolute Gasteiger partial charge is 1.00 e. The molecule has 12 heavy (non-hydrogen) atoms. The van der Waals surface area contributed by atoms with Crippen LogP contribution in [0.25, 0.3) is 0 Å². The van der Waals surface area contributed by atoms with Gasteiger partial charge in [0.25, 0.3) is 0 Å². The van der Waals surface area contributed by atoms with Crippen LogP contribution in [0.2, 0.25) is 0 Å². The minimum Gasteiger partial charge on any atom is -1.00 e. The normalized spacial score (nSPS) is 9.58. The summed E-state index contributed by atoms with van der Waals surface area (Å²) in [6.45, 7) is 1.19. The third kappa shape index (κ3) is 9.08. The molecule has 0 saturated heterocycles. The van der Waals surface area contributed by atoms with Crippen molar-refractivity contribution in [2.24, 2.45) is 5.73 Å². The largest absolute Gasteiger partial charge is 1.00 e. The molecule has 68 valence electrons. The van der Waals surface area contributed by atoms with Gasteiger partial charge in [-0.1, -0.05) is 0 Å². The molecule has 0 aromatic carbocycles. The molecule has 0 saturated carbocycles. The van der Waals surface area contributed by atoms with Gasteiger partial charge in [-0.05, 0) is 0 Å². The molecule has 0 radical (unpaired) electrons. The van der Waals surface area contributed by atoms with Gasteiger partial charge in [-0.2, -0.15) is 0 Å². The van der Waals surface area contributed by atoms with Gasteiger partial charge in [0.05, 0.1) is 13.2 Å². The molecule has 6 heteroatoms. The third-order valence-corrected chi connectivity index (χ3v) is 1.22. The van der Waals surface area contributed by atoms with Crippen molar-refractivity contribution in [1.82, 2.24) is 4.90 Å². The van der Waals surface area contributed by atoms with Gasteiger partial charge in [0.2, 0.25) is 0 Å². The molecule has 0 atom stereocenters. The molecule has 0 aliphatic carbocycles. The van der Waals surface area contributed by atoms with E-state index in [4.69, 9.17) is 15.9 Å². The van der Waals surface area contributed by atoms with Crippen molar-refractivity contribution >= 4 is 5.97 Å². The Balaban J connectivity index is -0.000000500. The molecule has 0 aliphatic heterocycles. The van der Waals surface area contributed by atoms with Gasteiger partial charge in [0, 0.05) is 19.6 Å². The second-order valence-electron chi connectivity index (χ2n) is 2.18. The standard InChI is InChI=1S/C6H14N2O3.K.H/c7-1-2-8(3-4-9)5-6(10)11;;/h9H,1-5,7H2,(H,10,11);;/q;+1;-1. The molecule has 0 bridgehead atoms. The number of nitrogens with zero attached hydrogens (tertiary/aromatic N) is 1. The molecule has 5 nitrogen and oxygen atoms in total. The van der Waals surface area contributed by atoms with Crippen molar-refractivity contribution in [2.75, 3.05) is 32.8 Å². The molecule has 0 aliphatic rings. The number of aliphatic hydroxyl groups is 1. The van der Waals surface area contributed by atoms with E-state index in [1.54, 1.807) is 4.90 Å². The van der Waals surface area contributed by atoms with Gasteiger partial charge in [0.15, 0.2) is 0 Å². The summed E-state index contributed by atoms with van der Waals surface area (Å²) in [5.41, 5.74) is 5.22. The fourth-order valence-corrected chi connectivity index (χ4v) is 0.785. The number of nitrogens with two attached hydrogens (primary N) is 1. The number of carbonyl (C=O) groups is 1. The molecule has 4 N–H and O–H groups in total. The van der Waals surface area contributed by atoms with E-state index in [2.05, 4.69) is 0 Å². The molecule has 0 amide bonds. The van der Waals surface area contributed by atoms with Gasteiger partial charge in [-0.15, -0.1) is 0 Å². The summed E-state index contributed by atoms with van der Waals surface area (Å²) in [4.78, 5) is 11.8. The van der Waals surface area contributed by atoms with Crippen molar-refractivity contribution in [1.29, 1.82) is 0 Å². The van der Waals surface area contributed by atoms with Crippen LogP contribution in [0, 0.1) is 0 Å². The van der Waals surface area contributed by atoms with Crippen LogP contribution in [0.1, 0.15) is 1.43 Å². The molecule has 0 unspecified atom stereocenters. The van der Waals surface area contributed by atoms with Gasteiger partial charge >= 0.3 is 57.4 Å². The molecule has 0 rings (SSSR count). The van der Waals surface area contributed by atoms with E-state index >= 15 is 0 Å². The quantitative estimate of drug-likeness (QED) is 0.378. The zero-order valence-corrected chi connectivity index (χ0v) is 10.5. The van der Waals surface area contributed by atoms with Crippen molar-refractivity contribution < 1.29 is 67.8 Å². The van der Waals surface area contributed by atoms with Crippen LogP contribution in [0.3, 0.4) is 0 Å². The van der Waals surface area contributed by atoms with Crippen LogP contribution in [0.15, 0.2) is 0 Å². The fourth-order valence-electron chi connectivity index (χ4n) is 0.785. The number of aliphatic carboxylic acids is 1. The number of carboxylic acid groups (broad SMARTS) is 1. The van der Waals surface area contributed by atoms with E-state index in [9.17, 15) is 4.79 Å². The van der Waals surface area contributed by atoms with E-state index in [-0.39, 0.29) is 66.0 Å². The topological polar surface area (TPSA) is 86.8 Å². The first kappa shape index (κ1) is 15.5. The average Bonchev–Trinajstić information content (AvgIpc) is 1.87. The van der Waals surface area contributed by atoms with Gasteiger partial charge < -0.3 is 17.4 Å². The van der Waals surface area contributed by atoms with Crippen molar-refractivity contribution in [3.8, 4) is 0 Å². The monoisotopic (exact) mass is 202 g/mol. The summed E-state index contributed by atoms with van der Waals surface area (Å²) < 4.78 is 0. The predicted molar refractivity (Wildman–Crippen MR) is 41.3 cm³/mol. The van der Waals surface area contributed by atoms with Gasteiger partial charge in [0.1, 0.15) is 0 Å². The predicted octanol–water partition coefficient (Wildman–Crippen LogP) is -4.56. The number of carboxylic acids is 1. The van der Waals surface area contributed by atoms with Crippen molar-refractivity contribution in [3.63, 3.8) is 0 Å². The molecule has 0 aromatic rings. The van der Waals surface area contributed by atoms with Crippen LogP contribution in [-0.4, -0.2) is 53.9 Å². The Morgan fingerprint density at radius 1 is 1.50 bits per heavy atom. The van der Waals surface area contributed by atoms with E-state index < -0.39 is 5.97 Å². The van der Waals surface area contributed by atoms with Crippen LogP contribution < -0.4 is 57.1 Å². The van der Waals surface area contributed by atoms with E-state index in [1.807, 2.05) is 0 Å². The summed E-state index contributed by atoms with van der Waals surface area (Å²) in [7, 11) is 0. The Labute approximate surface area is 116 Å². The first-order valence-electron chi connectivity index (χ1n) is 3.45. The molecule has 0 spiro atoms. The summed E-state index contributed by atoms with van der Waals surface area (Å²) in [5, 5.41) is 16.9. The molecule has 0 heterocycles. The Morgan fingerprint density at radius 2 is 2.08 bits per heavy atom. The van der Waals surface area contributed by atoms with Gasteiger partial charge in [-0.25, -0.2) is 0 Å². The maximum Gasteiger partial charge on any atom is 1.00 e. The number of hydrogen-bond acceptors (Lipinski definition) is 4. The number of aliphatic hydroxyl groups excluding tert-OH is 1. The van der Waals surface area contributed by atoms with Crippen LogP contribution in [-0.2, 0) is 4.79 Å². The van der Waals surface area contributed by atoms with Crippen LogP contribution >= 0.6 is 0 Å². The summed E-state index contributed by atoms with van der Waals surface area (Å²) in [6, 6.07) is 0. The van der Waals surface area contributed by atoms with Gasteiger partial charge in [-0.3, -0.25) is 9.69 Å². The fraction of sp³-hybridized carbons (Fsp3) is 0.833. The molecule has 0 fully saturated rings. The second kappa shape index (κ2) is 10.1. The van der Waals surface area contributed by atoms with E-state index in [0.29, 0.717) is 19.6 Å². The first-order valence-corrected chi connectivity index (χ1v) is 3.45. The van der Waals surface area contributed by atoms with E-state index in [0.717, 1.165) is 0 Å². The Bertz CT molecular complexity index is 122. The SMILES string of the molecule is NCCN(CCO)CC(=O)O.[H-].[K+]. The summed E-state index contributed by atoms with van der Waals surface area (Å²) in [6.07, 6.45) is 0. The Hall–Kier alpha value is 0.986. The van der Waals surface area contributed by atoms with Crippen LogP contribution in [0.5, 0.6) is 0 Å². The third-order valence-electron chi connectivity index (χ3n) is 1.22. The Kier molecular flexibility index (Phi) is 13.0. The second-order valence-corrected chi connectivity index (χ2v) is 2.18.